The third-order valence-corrected chi connectivity index (χ3v) is 13.5. The van der Waals surface area contributed by atoms with Gasteiger partial charge in [0.2, 0.25) is 0 Å². The summed E-state index contributed by atoms with van der Waals surface area (Å²) >= 11 is 0. The maximum atomic E-state index is 13.0. The van der Waals surface area contributed by atoms with Gasteiger partial charge in [-0.25, -0.2) is 0 Å². The maximum absolute atomic E-state index is 13.0. The molecular formula is C59H102O15. The Morgan fingerprint density at radius 1 is 0.432 bits per heavy atom. The van der Waals surface area contributed by atoms with Crippen molar-refractivity contribution in [2.24, 2.45) is 0 Å². The number of aliphatic hydroxyl groups is 7. The van der Waals surface area contributed by atoms with Gasteiger partial charge in [0.15, 0.2) is 18.7 Å². The Hall–Kier alpha value is -2.80. The molecule has 0 radical (unpaired) electrons. The summed E-state index contributed by atoms with van der Waals surface area (Å²) in [6, 6.07) is 0. The number of allylic oxidation sites excluding steroid dienone is 10. The van der Waals surface area contributed by atoms with Gasteiger partial charge < -0.3 is 64.2 Å². The van der Waals surface area contributed by atoms with Crippen LogP contribution in [0.25, 0.3) is 0 Å². The SMILES string of the molecule is CCCCC/C=C/C/C=C/C/C=C/C/C=C/CCCC(=O)O[C@@H](COC(=O)CCCCCCCCCCCCC/C=C/CCCCCCCC)CO[C@@H]1O[C@H](CO[C@@H]2O[C@H](CO)[C@H](O)C(O)C2O)[C@H](O)C(O)C1O. The van der Waals surface area contributed by atoms with Crippen LogP contribution in [-0.2, 0) is 38.0 Å². The Balaban J connectivity index is 1.77. The highest BCUT2D eigenvalue weighted by atomic mass is 16.7. The Labute approximate surface area is 445 Å². The lowest BCUT2D eigenvalue weighted by atomic mass is 9.98. The van der Waals surface area contributed by atoms with Gasteiger partial charge in [0.25, 0.3) is 0 Å². The molecule has 15 nitrogen and oxygen atoms in total. The number of carbonyl (C=O) groups is 2. The van der Waals surface area contributed by atoms with Crippen LogP contribution in [0.3, 0.4) is 0 Å². The summed E-state index contributed by atoms with van der Waals surface area (Å²) in [5, 5.41) is 72.2. The highest BCUT2D eigenvalue weighted by Gasteiger charge is 2.47. The van der Waals surface area contributed by atoms with Crippen LogP contribution in [0.15, 0.2) is 60.8 Å². The fourth-order valence-electron chi connectivity index (χ4n) is 8.73. The first-order valence-corrected chi connectivity index (χ1v) is 28.9. The summed E-state index contributed by atoms with van der Waals surface area (Å²) in [5.74, 6) is -0.989. The molecule has 0 aromatic carbocycles. The fourth-order valence-corrected chi connectivity index (χ4v) is 8.73. The Morgan fingerprint density at radius 2 is 0.824 bits per heavy atom. The van der Waals surface area contributed by atoms with Crippen molar-refractivity contribution in [1.29, 1.82) is 0 Å². The van der Waals surface area contributed by atoms with Gasteiger partial charge >= 0.3 is 11.9 Å². The number of ether oxygens (including phenoxy) is 6. The third-order valence-electron chi connectivity index (χ3n) is 13.5. The molecule has 2 aliphatic heterocycles. The molecule has 0 amide bonds. The summed E-state index contributed by atoms with van der Waals surface area (Å²) in [6.07, 6.45) is 36.8. The molecule has 0 spiro atoms. The first-order valence-electron chi connectivity index (χ1n) is 28.9. The smallest absolute Gasteiger partial charge is 0.306 e. The maximum Gasteiger partial charge on any atom is 0.306 e. The van der Waals surface area contributed by atoms with Crippen LogP contribution in [0.4, 0.5) is 0 Å². The average Bonchev–Trinajstić information content (AvgIpc) is 3.39. The minimum atomic E-state index is -1.78. The molecule has 0 bridgehead atoms. The van der Waals surface area contributed by atoms with Crippen molar-refractivity contribution >= 4 is 11.9 Å². The number of aliphatic hydroxyl groups excluding tert-OH is 7. The van der Waals surface area contributed by atoms with Crippen molar-refractivity contribution in [2.75, 3.05) is 26.4 Å². The average molecular weight is 1050 g/mol. The summed E-state index contributed by atoms with van der Waals surface area (Å²) in [4.78, 5) is 25.9. The zero-order valence-electron chi connectivity index (χ0n) is 45.6. The van der Waals surface area contributed by atoms with E-state index in [1.165, 1.54) is 116 Å². The topological polar surface area (TPSA) is 231 Å². The Kier molecular flexibility index (Phi) is 41.2. The molecule has 428 valence electrons. The van der Waals surface area contributed by atoms with Gasteiger partial charge in [-0.05, 0) is 77.0 Å². The highest BCUT2D eigenvalue weighted by molar-refractivity contribution is 5.70. The van der Waals surface area contributed by atoms with E-state index in [4.69, 9.17) is 28.4 Å². The molecule has 2 heterocycles. The Morgan fingerprint density at radius 3 is 1.35 bits per heavy atom. The molecule has 4 unspecified atom stereocenters. The predicted octanol–water partition coefficient (Wildman–Crippen LogP) is 9.61. The second kappa shape index (κ2) is 45.2. The minimum absolute atomic E-state index is 0.0878. The van der Waals surface area contributed by atoms with Crippen LogP contribution < -0.4 is 0 Å². The number of rotatable bonds is 45. The number of esters is 2. The van der Waals surface area contributed by atoms with Crippen molar-refractivity contribution in [3.8, 4) is 0 Å². The van der Waals surface area contributed by atoms with Gasteiger partial charge in [-0.15, -0.1) is 0 Å². The van der Waals surface area contributed by atoms with Crippen LogP contribution in [-0.4, -0.2) is 142 Å². The molecule has 11 atom stereocenters. The molecule has 0 aliphatic carbocycles. The van der Waals surface area contributed by atoms with Gasteiger partial charge in [-0.2, -0.15) is 0 Å². The van der Waals surface area contributed by atoms with E-state index < -0.39 is 99.3 Å². The minimum Gasteiger partial charge on any atom is -0.462 e. The van der Waals surface area contributed by atoms with Crippen LogP contribution in [0, 0.1) is 0 Å². The van der Waals surface area contributed by atoms with Gasteiger partial charge in [0.1, 0.15) is 55.4 Å². The van der Waals surface area contributed by atoms with E-state index in [0.29, 0.717) is 19.3 Å². The zero-order valence-corrected chi connectivity index (χ0v) is 45.6. The lowest BCUT2D eigenvalue weighted by molar-refractivity contribution is -0.332. The summed E-state index contributed by atoms with van der Waals surface area (Å²) in [6.45, 7) is 2.52. The van der Waals surface area contributed by atoms with E-state index >= 15 is 0 Å². The number of hydrogen-bond donors (Lipinski definition) is 7. The van der Waals surface area contributed by atoms with Gasteiger partial charge in [-0.3, -0.25) is 9.59 Å². The molecule has 0 aromatic rings. The molecule has 2 aliphatic rings. The van der Waals surface area contributed by atoms with Gasteiger partial charge in [0, 0.05) is 12.8 Å². The third kappa shape index (κ3) is 32.1. The quantitative estimate of drug-likeness (QED) is 0.0171. The highest BCUT2D eigenvalue weighted by Crippen LogP contribution is 2.26. The van der Waals surface area contributed by atoms with Crippen molar-refractivity contribution < 1.29 is 73.8 Å². The second-order valence-electron chi connectivity index (χ2n) is 20.1. The van der Waals surface area contributed by atoms with E-state index in [1.807, 2.05) is 12.2 Å². The predicted molar refractivity (Wildman–Crippen MR) is 289 cm³/mol. The number of hydrogen-bond acceptors (Lipinski definition) is 15. The summed E-state index contributed by atoms with van der Waals surface area (Å²) in [5.41, 5.74) is 0. The molecule has 7 N–H and O–H groups in total. The number of unbranched alkanes of at least 4 members (excludes halogenated alkanes) is 21. The van der Waals surface area contributed by atoms with Crippen molar-refractivity contribution in [3.63, 3.8) is 0 Å². The lowest BCUT2D eigenvalue weighted by Crippen LogP contribution is -2.61. The van der Waals surface area contributed by atoms with E-state index in [-0.39, 0.29) is 19.4 Å². The first kappa shape index (κ1) is 67.3. The van der Waals surface area contributed by atoms with Crippen molar-refractivity contribution in [1.82, 2.24) is 0 Å². The zero-order chi connectivity index (χ0) is 53.9. The molecule has 0 saturated carbocycles. The van der Waals surface area contributed by atoms with Crippen LogP contribution in [0.2, 0.25) is 0 Å². The van der Waals surface area contributed by atoms with Crippen LogP contribution >= 0.6 is 0 Å². The standard InChI is InChI=1S/C59H102O15/c1-3-5-7-9-11-13-15-17-19-21-22-23-24-26-27-29-31-33-35-37-39-41-50(61)69-44-47(72-51(62)42-40-38-36-34-32-30-28-25-20-18-16-14-12-10-8-6-4-2)45-70-58-57(68)55(66)53(64)49(74-58)46-71-59-56(67)54(65)52(63)48(43-60)73-59/h12,14,17-20,28,30,34,36,47-49,52-60,63-68H,3-11,13,15-16,21-27,29,31-33,35,37-46H2,1-2H3/b14-12+,19-17+,20-18+,30-28+,36-34+/t47-,48+,49+,52-,53-,54?,55?,56?,57?,58+,59+/m0/s1. The molecule has 15 heteroatoms. The van der Waals surface area contributed by atoms with Crippen molar-refractivity contribution in [3.05, 3.63) is 60.8 Å². The van der Waals surface area contributed by atoms with E-state index in [0.717, 1.165) is 44.9 Å². The largest absolute Gasteiger partial charge is 0.462 e. The molecule has 2 fully saturated rings. The molecule has 74 heavy (non-hydrogen) atoms. The van der Waals surface area contributed by atoms with Crippen molar-refractivity contribution in [2.45, 2.75) is 274 Å². The molecule has 0 aromatic heterocycles. The van der Waals surface area contributed by atoms with Crippen LogP contribution in [0.1, 0.15) is 206 Å². The molecule has 2 rings (SSSR count). The number of carbonyl (C=O) groups excluding carboxylic acids is 2. The summed E-state index contributed by atoms with van der Waals surface area (Å²) in [7, 11) is 0. The lowest BCUT2D eigenvalue weighted by Gasteiger charge is -2.42. The van der Waals surface area contributed by atoms with Gasteiger partial charge in [-0.1, -0.05) is 177 Å². The first-order chi connectivity index (χ1) is 36.0. The Bertz CT molecular complexity index is 1520. The fraction of sp³-hybridized carbons (Fsp3) is 0.797. The van der Waals surface area contributed by atoms with E-state index in [1.54, 1.807) is 0 Å². The van der Waals surface area contributed by atoms with Crippen LogP contribution in [0.5, 0.6) is 0 Å². The van der Waals surface area contributed by atoms with Gasteiger partial charge in [0.05, 0.1) is 19.8 Å². The summed E-state index contributed by atoms with van der Waals surface area (Å²) < 4.78 is 33.6. The van der Waals surface area contributed by atoms with E-state index in [2.05, 4.69) is 62.5 Å². The molecular weight excluding hydrogens is 949 g/mol. The van der Waals surface area contributed by atoms with E-state index in [9.17, 15) is 45.3 Å². The normalized spacial score (nSPS) is 25.1. The monoisotopic (exact) mass is 1050 g/mol. The molecule has 2 saturated heterocycles. The second-order valence-corrected chi connectivity index (χ2v) is 20.1.